The van der Waals surface area contributed by atoms with E-state index in [-0.39, 0.29) is 4.90 Å². The van der Waals surface area contributed by atoms with Crippen LogP contribution in [0.15, 0.2) is 41.3 Å². The van der Waals surface area contributed by atoms with Crippen molar-refractivity contribution in [1.82, 2.24) is 13.9 Å². The highest BCUT2D eigenvalue weighted by Crippen LogP contribution is 2.30. The predicted octanol–water partition coefficient (Wildman–Crippen LogP) is 3.83. The zero-order valence-corrected chi connectivity index (χ0v) is 20.3. The highest BCUT2D eigenvalue weighted by atomic mass is 35.5. The molecule has 1 aromatic heterocycles. The number of aromatic nitrogens is 2. The van der Waals surface area contributed by atoms with Crippen LogP contribution in [0.4, 0.5) is 0 Å². The molecule has 1 saturated heterocycles. The molecule has 10 heteroatoms. The summed E-state index contributed by atoms with van der Waals surface area (Å²) < 4.78 is 45.5. The normalized spacial score (nSPS) is 15.7. The van der Waals surface area contributed by atoms with Crippen molar-refractivity contribution in [2.75, 3.05) is 40.5 Å². The zero-order valence-electron chi connectivity index (χ0n) is 18.7. The summed E-state index contributed by atoms with van der Waals surface area (Å²) in [5.41, 5.74) is 2.17. The molecule has 1 aliphatic heterocycles. The summed E-state index contributed by atoms with van der Waals surface area (Å²) in [5, 5.41) is 0.418. The molecule has 0 unspecified atom stereocenters. The van der Waals surface area contributed by atoms with Crippen molar-refractivity contribution < 1.29 is 22.6 Å². The smallest absolute Gasteiger partial charge is 0.243 e. The van der Waals surface area contributed by atoms with E-state index in [1.165, 1.54) is 4.31 Å². The van der Waals surface area contributed by atoms with E-state index < -0.39 is 10.0 Å². The van der Waals surface area contributed by atoms with E-state index in [1.54, 1.807) is 44.6 Å². The van der Waals surface area contributed by atoms with Crippen LogP contribution in [0.25, 0.3) is 22.1 Å². The zero-order chi connectivity index (χ0) is 23.6. The van der Waals surface area contributed by atoms with Crippen molar-refractivity contribution >= 4 is 43.8 Å². The number of morpholine rings is 1. The minimum Gasteiger partial charge on any atom is -0.497 e. The molecule has 0 amide bonds. The van der Waals surface area contributed by atoms with Gasteiger partial charge < -0.3 is 18.8 Å². The molecule has 33 heavy (non-hydrogen) atoms. The van der Waals surface area contributed by atoms with Crippen molar-refractivity contribution in [3.8, 4) is 11.5 Å². The van der Waals surface area contributed by atoms with Crippen LogP contribution in [-0.4, -0.2) is 62.8 Å². The molecule has 0 aliphatic carbocycles. The van der Waals surface area contributed by atoms with E-state index in [0.717, 1.165) is 11.1 Å². The van der Waals surface area contributed by atoms with Gasteiger partial charge in [0.25, 0.3) is 0 Å². The van der Waals surface area contributed by atoms with Gasteiger partial charge in [-0.1, -0.05) is 11.6 Å². The number of halogens is 1. The van der Waals surface area contributed by atoms with Crippen molar-refractivity contribution in [3.05, 3.63) is 47.8 Å². The lowest BCUT2D eigenvalue weighted by molar-refractivity contribution is 0.0730. The Balaban J connectivity index is 1.75. The number of rotatable bonds is 7. The van der Waals surface area contributed by atoms with Crippen molar-refractivity contribution in [3.63, 3.8) is 0 Å². The van der Waals surface area contributed by atoms with Gasteiger partial charge in [0.1, 0.15) is 11.5 Å². The molecule has 4 rings (SSSR count). The Morgan fingerprint density at radius 3 is 2.39 bits per heavy atom. The quantitative estimate of drug-likeness (QED) is 0.499. The Bertz CT molecular complexity index is 1270. The average molecular weight is 492 g/mol. The number of imidazole rings is 1. The largest absolute Gasteiger partial charge is 0.497 e. The topological polar surface area (TPSA) is 82.9 Å². The van der Waals surface area contributed by atoms with Gasteiger partial charge in [-0.25, -0.2) is 13.4 Å². The Hall–Kier alpha value is -2.59. The number of sulfonamides is 1. The molecule has 2 heterocycles. The Morgan fingerprint density at radius 2 is 1.79 bits per heavy atom. The Morgan fingerprint density at radius 1 is 1.12 bits per heavy atom. The van der Waals surface area contributed by atoms with Gasteiger partial charge >= 0.3 is 0 Å². The summed E-state index contributed by atoms with van der Waals surface area (Å²) in [4.78, 5) is 4.89. The molecule has 0 atom stereocenters. The highest BCUT2D eigenvalue weighted by Gasteiger charge is 2.27. The van der Waals surface area contributed by atoms with E-state index >= 15 is 0 Å². The van der Waals surface area contributed by atoms with Gasteiger partial charge in [0.05, 0.1) is 48.4 Å². The molecule has 3 aromatic rings. The average Bonchev–Trinajstić information content (AvgIpc) is 3.22. The van der Waals surface area contributed by atoms with Crippen molar-refractivity contribution in [2.24, 2.45) is 0 Å². The molecule has 0 N–H and O–H groups in total. The minimum atomic E-state index is -3.62. The molecule has 8 nitrogen and oxygen atoms in total. The van der Waals surface area contributed by atoms with Gasteiger partial charge in [-0.3, -0.25) is 0 Å². The first kappa shape index (κ1) is 23.6. The number of aryl methyl sites for hydroxylation is 1. The monoisotopic (exact) mass is 491 g/mol. The summed E-state index contributed by atoms with van der Waals surface area (Å²) in [6.07, 6.45) is 1.78. The maximum Gasteiger partial charge on any atom is 0.243 e. The van der Waals surface area contributed by atoms with Gasteiger partial charge in [0.2, 0.25) is 10.0 Å². The SMILES string of the molecule is CCn1c(/C(Cl)=C/c2cc(OC)cc(OC)c2)nc2cc(S(=O)(=O)N3CCOCC3)ccc21. The lowest BCUT2D eigenvalue weighted by atomic mass is 10.2. The molecular formula is C23H26ClN3O5S. The number of fused-ring (bicyclic) bond motifs is 1. The fourth-order valence-electron chi connectivity index (χ4n) is 3.83. The molecule has 1 fully saturated rings. The standard InChI is InChI=1S/C23H26ClN3O5S/c1-4-27-22-6-5-19(33(28,29)26-7-9-32-10-8-26)15-21(22)25-23(27)20(24)13-16-11-17(30-2)14-18(12-16)31-3/h5-6,11-15H,4,7-10H2,1-3H3/b20-13-. The van der Waals surface area contributed by atoms with E-state index in [9.17, 15) is 8.42 Å². The second-order valence-corrected chi connectivity index (χ2v) is 9.83. The van der Waals surface area contributed by atoms with Crippen LogP contribution in [0, 0.1) is 0 Å². The first-order chi connectivity index (χ1) is 15.9. The van der Waals surface area contributed by atoms with E-state index in [0.29, 0.717) is 60.7 Å². The van der Waals surface area contributed by atoms with Crippen LogP contribution in [-0.2, 0) is 21.3 Å². The number of hydrogen-bond acceptors (Lipinski definition) is 6. The van der Waals surface area contributed by atoms with Gasteiger partial charge in [-0.2, -0.15) is 4.31 Å². The second-order valence-electron chi connectivity index (χ2n) is 7.48. The third kappa shape index (κ3) is 4.72. The maximum atomic E-state index is 13.1. The predicted molar refractivity (Wildman–Crippen MR) is 128 cm³/mol. The lowest BCUT2D eigenvalue weighted by Gasteiger charge is -2.26. The Labute approximate surface area is 198 Å². The van der Waals surface area contributed by atoms with Crippen LogP contribution in [0.3, 0.4) is 0 Å². The minimum absolute atomic E-state index is 0.210. The van der Waals surface area contributed by atoms with Crippen molar-refractivity contribution in [2.45, 2.75) is 18.4 Å². The molecule has 0 bridgehead atoms. The third-order valence-corrected chi connectivity index (χ3v) is 7.70. The van der Waals surface area contributed by atoms with E-state index in [1.807, 2.05) is 23.6 Å². The summed E-state index contributed by atoms with van der Waals surface area (Å²) in [6.45, 7) is 4.08. The van der Waals surface area contributed by atoms with Crippen LogP contribution in [0.5, 0.6) is 11.5 Å². The number of ether oxygens (including phenoxy) is 3. The first-order valence-corrected chi connectivity index (χ1v) is 12.4. The number of benzene rings is 2. The molecule has 176 valence electrons. The molecule has 0 spiro atoms. The van der Waals surface area contributed by atoms with E-state index in [2.05, 4.69) is 4.98 Å². The maximum absolute atomic E-state index is 13.1. The van der Waals surface area contributed by atoms with Crippen molar-refractivity contribution in [1.29, 1.82) is 0 Å². The van der Waals surface area contributed by atoms with Crippen LogP contribution < -0.4 is 9.47 Å². The number of nitrogens with zero attached hydrogens (tertiary/aromatic N) is 3. The molecule has 1 aliphatic rings. The second kappa shape index (κ2) is 9.72. The molecular weight excluding hydrogens is 466 g/mol. The molecule has 2 aromatic carbocycles. The Kier molecular flexibility index (Phi) is 6.94. The summed E-state index contributed by atoms with van der Waals surface area (Å²) in [7, 11) is -0.447. The van der Waals surface area contributed by atoms with Gasteiger partial charge in [-0.05, 0) is 48.9 Å². The molecule has 0 radical (unpaired) electrons. The summed E-state index contributed by atoms with van der Waals surface area (Å²) in [5.74, 6) is 1.84. The van der Waals surface area contributed by atoms with Crippen LogP contribution >= 0.6 is 11.6 Å². The van der Waals surface area contributed by atoms with Gasteiger partial charge in [0, 0.05) is 25.7 Å². The fraction of sp³-hybridized carbons (Fsp3) is 0.348. The fourth-order valence-corrected chi connectivity index (χ4v) is 5.53. The van der Waals surface area contributed by atoms with Gasteiger partial charge in [0.15, 0.2) is 5.82 Å². The first-order valence-electron chi connectivity index (χ1n) is 10.6. The summed E-state index contributed by atoms with van der Waals surface area (Å²) in [6, 6.07) is 10.5. The molecule has 0 saturated carbocycles. The summed E-state index contributed by atoms with van der Waals surface area (Å²) >= 11 is 6.69. The lowest BCUT2D eigenvalue weighted by Crippen LogP contribution is -2.40. The van der Waals surface area contributed by atoms with E-state index in [4.69, 9.17) is 25.8 Å². The van der Waals surface area contributed by atoms with Gasteiger partial charge in [-0.15, -0.1) is 0 Å². The number of hydrogen-bond donors (Lipinski definition) is 0. The third-order valence-electron chi connectivity index (χ3n) is 5.52. The number of methoxy groups -OCH3 is 2. The van der Waals surface area contributed by atoms with Crippen LogP contribution in [0.1, 0.15) is 18.3 Å². The highest BCUT2D eigenvalue weighted by molar-refractivity contribution is 7.89. The van der Waals surface area contributed by atoms with Crippen LogP contribution in [0.2, 0.25) is 0 Å².